The fourth-order valence-electron chi connectivity index (χ4n) is 0.696. The van der Waals surface area contributed by atoms with Crippen LogP contribution >= 0.6 is 0 Å². The maximum atomic E-state index is 5.27. The van der Waals surface area contributed by atoms with Gasteiger partial charge in [0, 0.05) is 0 Å². The van der Waals surface area contributed by atoms with Crippen LogP contribution in [0.2, 0.25) is 0 Å². The summed E-state index contributed by atoms with van der Waals surface area (Å²) in [6.07, 6.45) is 0.595. The van der Waals surface area contributed by atoms with E-state index in [2.05, 4.69) is 0 Å². The van der Waals surface area contributed by atoms with Crippen LogP contribution in [0.15, 0.2) is 0 Å². The van der Waals surface area contributed by atoms with Gasteiger partial charge in [-0.05, 0) is 13.8 Å². The van der Waals surface area contributed by atoms with Gasteiger partial charge < -0.3 is 9.47 Å². The van der Waals surface area contributed by atoms with Gasteiger partial charge >= 0.3 is 0 Å². The van der Waals surface area contributed by atoms with Crippen LogP contribution in [0.4, 0.5) is 0 Å². The number of rotatable bonds is 0. The zero-order valence-electron chi connectivity index (χ0n) is 5.39. The van der Waals surface area contributed by atoms with E-state index >= 15 is 0 Å². The molecule has 0 amide bonds. The topological polar surface area (TPSA) is 18.5 Å². The van der Waals surface area contributed by atoms with E-state index in [0.29, 0.717) is 12.2 Å². The SMILES string of the molecule is CC1COC(C)CO1. The zero-order valence-corrected chi connectivity index (χ0v) is 5.39. The van der Waals surface area contributed by atoms with Gasteiger partial charge in [0.2, 0.25) is 0 Å². The first-order valence-corrected chi connectivity index (χ1v) is 3.02. The van der Waals surface area contributed by atoms with Crippen molar-refractivity contribution >= 4 is 0 Å². The van der Waals surface area contributed by atoms with E-state index in [0.717, 1.165) is 13.2 Å². The van der Waals surface area contributed by atoms with Gasteiger partial charge in [-0.15, -0.1) is 0 Å². The fourth-order valence-corrected chi connectivity index (χ4v) is 0.696. The molecule has 1 saturated heterocycles. The average molecular weight is 116 g/mol. The van der Waals surface area contributed by atoms with Gasteiger partial charge in [-0.2, -0.15) is 0 Å². The Labute approximate surface area is 49.8 Å². The summed E-state index contributed by atoms with van der Waals surface area (Å²) in [6.45, 7) is 5.54. The molecule has 2 atom stereocenters. The summed E-state index contributed by atoms with van der Waals surface area (Å²) < 4.78 is 10.5. The Hall–Kier alpha value is -0.0800. The number of hydrogen-bond donors (Lipinski definition) is 0. The second-order valence-electron chi connectivity index (χ2n) is 2.29. The molecule has 2 heteroatoms. The molecular weight excluding hydrogens is 104 g/mol. The maximum Gasteiger partial charge on any atom is 0.0781 e. The zero-order chi connectivity index (χ0) is 5.98. The Balaban J connectivity index is 2.19. The standard InChI is InChI=1S/C6H12O2/c1-5-3-8-6(2)4-7-5/h5-6H,3-4H2,1-2H3. The van der Waals surface area contributed by atoms with Gasteiger partial charge in [-0.3, -0.25) is 0 Å². The Kier molecular flexibility index (Phi) is 1.86. The number of ether oxygens (including phenoxy) is 2. The van der Waals surface area contributed by atoms with Crippen LogP contribution < -0.4 is 0 Å². The summed E-state index contributed by atoms with van der Waals surface area (Å²) in [5.74, 6) is 0. The fraction of sp³-hybridized carbons (Fsp3) is 1.00. The maximum absolute atomic E-state index is 5.27. The van der Waals surface area contributed by atoms with Crippen molar-refractivity contribution in [3.05, 3.63) is 0 Å². The van der Waals surface area contributed by atoms with Crippen molar-refractivity contribution in [3.8, 4) is 0 Å². The van der Waals surface area contributed by atoms with Crippen LogP contribution in [0, 0.1) is 0 Å². The molecule has 0 bridgehead atoms. The molecule has 1 aliphatic heterocycles. The summed E-state index contributed by atoms with van der Waals surface area (Å²) >= 11 is 0. The van der Waals surface area contributed by atoms with E-state index in [-0.39, 0.29) is 0 Å². The van der Waals surface area contributed by atoms with Crippen LogP contribution in [0.1, 0.15) is 13.8 Å². The highest BCUT2D eigenvalue weighted by Crippen LogP contribution is 2.04. The molecule has 1 rings (SSSR count). The molecular formula is C6H12O2. The second kappa shape index (κ2) is 2.46. The molecule has 0 aromatic rings. The van der Waals surface area contributed by atoms with Crippen LogP contribution in [0.3, 0.4) is 0 Å². The summed E-state index contributed by atoms with van der Waals surface area (Å²) in [6, 6.07) is 0. The second-order valence-corrected chi connectivity index (χ2v) is 2.29. The van der Waals surface area contributed by atoms with Gasteiger partial charge in [0.05, 0.1) is 25.4 Å². The molecule has 0 spiro atoms. The molecule has 8 heavy (non-hydrogen) atoms. The van der Waals surface area contributed by atoms with Crippen LogP contribution in [-0.4, -0.2) is 25.4 Å². The summed E-state index contributed by atoms with van der Waals surface area (Å²) in [4.78, 5) is 0. The smallest absolute Gasteiger partial charge is 0.0781 e. The lowest BCUT2D eigenvalue weighted by Crippen LogP contribution is -2.31. The average Bonchev–Trinajstić information content (AvgIpc) is 1.77. The van der Waals surface area contributed by atoms with Crippen molar-refractivity contribution in [2.24, 2.45) is 0 Å². The normalized spacial score (nSPS) is 39.8. The highest BCUT2D eigenvalue weighted by atomic mass is 16.6. The molecule has 48 valence electrons. The molecule has 2 unspecified atom stereocenters. The van der Waals surface area contributed by atoms with Crippen molar-refractivity contribution in [2.45, 2.75) is 26.1 Å². The predicted molar refractivity (Wildman–Crippen MR) is 30.8 cm³/mol. The molecule has 1 fully saturated rings. The highest BCUT2D eigenvalue weighted by Gasteiger charge is 2.13. The Morgan fingerprint density at radius 2 is 1.38 bits per heavy atom. The molecule has 0 radical (unpaired) electrons. The minimum Gasteiger partial charge on any atom is -0.373 e. The largest absolute Gasteiger partial charge is 0.373 e. The van der Waals surface area contributed by atoms with Crippen molar-refractivity contribution in [1.29, 1.82) is 0 Å². The lowest BCUT2D eigenvalue weighted by Gasteiger charge is -2.24. The van der Waals surface area contributed by atoms with Crippen molar-refractivity contribution < 1.29 is 9.47 Å². The Bertz CT molecular complexity index is 54.9. The Morgan fingerprint density at radius 3 is 1.62 bits per heavy atom. The highest BCUT2D eigenvalue weighted by molar-refractivity contribution is 4.58. The van der Waals surface area contributed by atoms with Gasteiger partial charge in [0.25, 0.3) is 0 Å². The van der Waals surface area contributed by atoms with Gasteiger partial charge in [0.15, 0.2) is 0 Å². The van der Waals surface area contributed by atoms with E-state index in [1.165, 1.54) is 0 Å². The minimum atomic E-state index is 0.297. The third-order valence-electron chi connectivity index (χ3n) is 1.23. The van der Waals surface area contributed by atoms with E-state index in [1.807, 2.05) is 13.8 Å². The van der Waals surface area contributed by atoms with Crippen LogP contribution in [-0.2, 0) is 9.47 Å². The molecule has 1 heterocycles. The lowest BCUT2D eigenvalue weighted by atomic mass is 10.3. The van der Waals surface area contributed by atoms with E-state index in [1.54, 1.807) is 0 Å². The molecule has 2 nitrogen and oxygen atoms in total. The van der Waals surface area contributed by atoms with E-state index in [9.17, 15) is 0 Å². The van der Waals surface area contributed by atoms with Crippen molar-refractivity contribution in [2.75, 3.05) is 13.2 Å². The first-order valence-electron chi connectivity index (χ1n) is 3.02. The minimum absolute atomic E-state index is 0.297. The molecule has 0 aliphatic carbocycles. The third kappa shape index (κ3) is 1.46. The number of hydrogen-bond acceptors (Lipinski definition) is 2. The van der Waals surface area contributed by atoms with E-state index in [4.69, 9.17) is 9.47 Å². The first-order chi connectivity index (χ1) is 3.79. The monoisotopic (exact) mass is 116 g/mol. The van der Waals surface area contributed by atoms with Gasteiger partial charge in [-0.1, -0.05) is 0 Å². The molecule has 0 N–H and O–H groups in total. The predicted octanol–water partition coefficient (Wildman–Crippen LogP) is 0.810. The summed E-state index contributed by atoms with van der Waals surface area (Å²) in [5.41, 5.74) is 0. The Morgan fingerprint density at radius 1 is 1.00 bits per heavy atom. The third-order valence-corrected chi connectivity index (χ3v) is 1.23. The molecule has 1 aliphatic rings. The first kappa shape index (κ1) is 6.05. The summed E-state index contributed by atoms with van der Waals surface area (Å²) in [7, 11) is 0. The summed E-state index contributed by atoms with van der Waals surface area (Å²) in [5, 5.41) is 0. The lowest BCUT2D eigenvalue weighted by molar-refractivity contribution is -0.119. The van der Waals surface area contributed by atoms with Crippen molar-refractivity contribution in [1.82, 2.24) is 0 Å². The van der Waals surface area contributed by atoms with Crippen LogP contribution in [0.25, 0.3) is 0 Å². The van der Waals surface area contributed by atoms with Gasteiger partial charge in [-0.25, -0.2) is 0 Å². The molecule has 0 saturated carbocycles. The van der Waals surface area contributed by atoms with E-state index < -0.39 is 0 Å². The van der Waals surface area contributed by atoms with Crippen LogP contribution in [0.5, 0.6) is 0 Å². The van der Waals surface area contributed by atoms with Crippen molar-refractivity contribution in [3.63, 3.8) is 0 Å². The molecule has 0 aromatic carbocycles. The molecule has 0 aromatic heterocycles. The van der Waals surface area contributed by atoms with Gasteiger partial charge in [0.1, 0.15) is 0 Å². The quantitative estimate of drug-likeness (QED) is 0.466.